The smallest absolute Gasteiger partial charge is 0.312 e. The molecule has 1 aromatic heterocycles. The molecule has 21 heavy (non-hydrogen) atoms. The fraction of sp³-hybridized carbons (Fsp3) is 0.412. The van der Waals surface area contributed by atoms with Gasteiger partial charge in [0.05, 0.1) is 5.69 Å². The maximum absolute atomic E-state index is 11.4. The summed E-state index contributed by atoms with van der Waals surface area (Å²) in [6.07, 6.45) is 2.51. The second kappa shape index (κ2) is 5.02. The average Bonchev–Trinajstić information content (AvgIpc) is 2.79. The fourth-order valence-electron chi connectivity index (χ4n) is 3.12. The predicted molar refractivity (Wildman–Crippen MR) is 81.4 cm³/mol. The van der Waals surface area contributed by atoms with E-state index in [-0.39, 0.29) is 0 Å². The molecule has 3 rings (SSSR count). The first-order valence-electron chi connectivity index (χ1n) is 7.35. The van der Waals surface area contributed by atoms with Crippen molar-refractivity contribution in [2.45, 2.75) is 39.0 Å². The minimum Gasteiger partial charge on any atom is -0.481 e. The Bertz CT molecular complexity index is 716. The van der Waals surface area contributed by atoms with Crippen molar-refractivity contribution in [3.63, 3.8) is 0 Å². The van der Waals surface area contributed by atoms with Gasteiger partial charge in [0, 0.05) is 18.3 Å². The zero-order chi connectivity index (χ0) is 15.1. The zero-order valence-corrected chi connectivity index (χ0v) is 12.7. The van der Waals surface area contributed by atoms with Gasteiger partial charge in [-0.25, -0.2) is 4.98 Å². The van der Waals surface area contributed by atoms with Gasteiger partial charge in [0.25, 0.3) is 0 Å². The number of aliphatic carboxylic acids is 1. The number of carbonyl (C=O) groups is 1. The van der Waals surface area contributed by atoms with Gasteiger partial charge in [-0.2, -0.15) is 0 Å². The highest BCUT2D eigenvalue weighted by atomic mass is 16.4. The third kappa shape index (κ3) is 2.24. The van der Waals surface area contributed by atoms with Gasteiger partial charge in [-0.05, 0) is 50.3 Å². The average molecular weight is 284 g/mol. The Morgan fingerprint density at radius 1 is 1.33 bits per heavy atom. The first kappa shape index (κ1) is 13.9. The van der Waals surface area contributed by atoms with Crippen molar-refractivity contribution in [3.8, 4) is 11.4 Å². The lowest BCUT2D eigenvalue weighted by Gasteiger charge is -2.18. The Balaban J connectivity index is 2.13. The Labute approximate surface area is 124 Å². The molecule has 1 aliphatic rings. The number of imidazole rings is 1. The first-order valence-corrected chi connectivity index (χ1v) is 7.35. The van der Waals surface area contributed by atoms with Crippen molar-refractivity contribution >= 4 is 5.97 Å². The molecule has 0 radical (unpaired) electrons. The minimum absolute atomic E-state index is 0.458. The molecule has 4 nitrogen and oxygen atoms in total. The van der Waals surface area contributed by atoms with Crippen LogP contribution < -0.4 is 0 Å². The van der Waals surface area contributed by atoms with Crippen LogP contribution >= 0.6 is 0 Å². The van der Waals surface area contributed by atoms with E-state index in [1.165, 1.54) is 11.1 Å². The quantitative estimate of drug-likeness (QED) is 0.921. The monoisotopic (exact) mass is 284 g/mol. The van der Waals surface area contributed by atoms with E-state index in [1.54, 1.807) is 0 Å². The number of fused-ring (bicyclic) bond motifs is 1. The molecule has 1 atom stereocenters. The molecular formula is C17H20N2O2. The van der Waals surface area contributed by atoms with E-state index in [0.717, 1.165) is 35.6 Å². The number of nitrogens with zero attached hydrogens (tertiary/aromatic N) is 2. The second-order valence-electron chi connectivity index (χ2n) is 5.91. The minimum atomic E-state index is -0.763. The lowest BCUT2D eigenvalue weighted by Crippen LogP contribution is -2.18. The number of carboxylic acids is 1. The molecule has 1 unspecified atom stereocenters. The SMILES string of the molecule is Cc1ccc(-c2nc3c(n2C)CCCC3C(=O)O)cc1C. The van der Waals surface area contributed by atoms with Gasteiger partial charge >= 0.3 is 5.97 Å². The van der Waals surface area contributed by atoms with Gasteiger partial charge in [-0.1, -0.05) is 12.1 Å². The van der Waals surface area contributed by atoms with Gasteiger partial charge in [0.1, 0.15) is 11.7 Å². The molecule has 1 aromatic carbocycles. The third-order valence-corrected chi connectivity index (χ3v) is 4.54. The van der Waals surface area contributed by atoms with Crippen LogP contribution in [0.4, 0.5) is 0 Å². The maximum atomic E-state index is 11.4. The molecule has 0 fully saturated rings. The molecule has 1 heterocycles. The summed E-state index contributed by atoms with van der Waals surface area (Å²) in [6, 6.07) is 6.28. The van der Waals surface area contributed by atoms with Crippen LogP contribution in [0.1, 0.15) is 41.3 Å². The van der Waals surface area contributed by atoms with E-state index >= 15 is 0 Å². The Morgan fingerprint density at radius 3 is 2.76 bits per heavy atom. The van der Waals surface area contributed by atoms with Gasteiger partial charge in [0.2, 0.25) is 0 Å². The Kier molecular flexibility index (Phi) is 3.32. The van der Waals surface area contributed by atoms with E-state index in [2.05, 4.69) is 41.6 Å². The van der Waals surface area contributed by atoms with Crippen LogP contribution in [0.3, 0.4) is 0 Å². The second-order valence-corrected chi connectivity index (χ2v) is 5.91. The van der Waals surface area contributed by atoms with E-state index < -0.39 is 11.9 Å². The number of aryl methyl sites for hydroxylation is 2. The van der Waals surface area contributed by atoms with Crippen molar-refractivity contribution in [2.75, 3.05) is 0 Å². The number of benzene rings is 1. The summed E-state index contributed by atoms with van der Waals surface area (Å²) in [5.74, 6) is -0.350. The summed E-state index contributed by atoms with van der Waals surface area (Å²) in [7, 11) is 1.99. The summed E-state index contributed by atoms with van der Waals surface area (Å²) in [6.45, 7) is 4.17. The molecule has 2 aromatic rings. The molecule has 0 amide bonds. The molecule has 0 aliphatic heterocycles. The molecule has 4 heteroatoms. The number of aromatic nitrogens is 2. The highest BCUT2D eigenvalue weighted by Crippen LogP contribution is 2.34. The van der Waals surface area contributed by atoms with E-state index in [1.807, 2.05) is 7.05 Å². The number of hydrogen-bond acceptors (Lipinski definition) is 2. The molecule has 0 bridgehead atoms. The molecule has 110 valence electrons. The molecule has 1 aliphatic carbocycles. The summed E-state index contributed by atoms with van der Waals surface area (Å²) in [5.41, 5.74) is 5.36. The highest BCUT2D eigenvalue weighted by Gasteiger charge is 2.31. The molecule has 0 saturated heterocycles. The summed E-state index contributed by atoms with van der Waals surface area (Å²) < 4.78 is 2.06. The molecular weight excluding hydrogens is 264 g/mol. The van der Waals surface area contributed by atoms with Crippen LogP contribution in [0.15, 0.2) is 18.2 Å². The molecule has 0 saturated carbocycles. The normalized spacial score (nSPS) is 17.6. The van der Waals surface area contributed by atoms with Crippen molar-refractivity contribution in [1.29, 1.82) is 0 Å². The summed E-state index contributed by atoms with van der Waals surface area (Å²) >= 11 is 0. The van der Waals surface area contributed by atoms with Crippen LogP contribution in [0.2, 0.25) is 0 Å². The van der Waals surface area contributed by atoms with E-state index in [9.17, 15) is 9.90 Å². The molecule has 0 spiro atoms. The summed E-state index contributed by atoms with van der Waals surface area (Å²) in [4.78, 5) is 16.1. The maximum Gasteiger partial charge on any atom is 0.312 e. The van der Waals surface area contributed by atoms with Crippen molar-refractivity contribution in [2.24, 2.45) is 7.05 Å². The molecule has 1 N–H and O–H groups in total. The van der Waals surface area contributed by atoms with Gasteiger partial charge in [-0.15, -0.1) is 0 Å². The standard InChI is InChI=1S/C17H20N2O2/c1-10-7-8-12(9-11(10)2)16-18-15-13(17(20)21)5-4-6-14(15)19(16)3/h7-9,13H,4-6H2,1-3H3,(H,20,21). The lowest BCUT2D eigenvalue weighted by molar-refractivity contribution is -0.139. The van der Waals surface area contributed by atoms with Crippen LogP contribution in [-0.2, 0) is 18.3 Å². The first-order chi connectivity index (χ1) is 9.99. The fourth-order valence-corrected chi connectivity index (χ4v) is 3.12. The lowest BCUT2D eigenvalue weighted by atomic mass is 9.90. The van der Waals surface area contributed by atoms with Crippen LogP contribution in [-0.4, -0.2) is 20.6 Å². The van der Waals surface area contributed by atoms with Gasteiger partial charge < -0.3 is 9.67 Å². The van der Waals surface area contributed by atoms with E-state index in [0.29, 0.717) is 6.42 Å². The van der Waals surface area contributed by atoms with Crippen molar-refractivity contribution in [3.05, 3.63) is 40.7 Å². The van der Waals surface area contributed by atoms with Crippen LogP contribution in [0, 0.1) is 13.8 Å². The van der Waals surface area contributed by atoms with Gasteiger partial charge in [-0.3, -0.25) is 4.79 Å². The van der Waals surface area contributed by atoms with Crippen molar-refractivity contribution in [1.82, 2.24) is 9.55 Å². The number of rotatable bonds is 2. The zero-order valence-electron chi connectivity index (χ0n) is 12.7. The largest absolute Gasteiger partial charge is 0.481 e. The number of hydrogen-bond donors (Lipinski definition) is 1. The van der Waals surface area contributed by atoms with E-state index in [4.69, 9.17) is 0 Å². The predicted octanol–water partition coefficient (Wildman–Crippen LogP) is 3.21. The highest BCUT2D eigenvalue weighted by molar-refractivity contribution is 5.76. The summed E-state index contributed by atoms with van der Waals surface area (Å²) in [5, 5.41) is 9.39. The van der Waals surface area contributed by atoms with Crippen LogP contribution in [0.5, 0.6) is 0 Å². The Morgan fingerprint density at radius 2 is 2.10 bits per heavy atom. The Hall–Kier alpha value is -2.10. The topological polar surface area (TPSA) is 55.1 Å². The van der Waals surface area contributed by atoms with Gasteiger partial charge in [0.15, 0.2) is 0 Å². The third-order valence-electron chi connectivity index (χ3n) is 4.54. The van der Waals surface area contributed by atoms with Crippen molar-refractivity contribution < 1.29 is 9.90 Å². The van der Waals surface area contributed by atoms with Crippen LogP contribution in [0.25, 0.3) is 11.4 Å². The number of carboxylic acid groups (broad SMARTS) is 1.